The lowest BCUT2D eigenvalue weighted by Crippen LogP contribution is -2.08. The van der Waals surface area contributed by atoms with Gasteiger partial charge in [-0.25, -0.2) is 31.9 Å². The molecule has 0 aliphatic rings. The fraction of sp³-hybridized carbons (Fsp3) is 0. The third kappa shape index (κ3) is 6.66. The molecule has 0 saturated heterocycles. The van der Waals surface area contributed by atoms with Crippen molar-refractivity contribution in [3.05, 3.63) is 229 Å². The Balaban J connectivity index is 1.14. The van der Waals surface area contributed by atoms with E-state index in [9.17, 15) is 9.65 Å². The first-order chi connectivity index (χ1) is 33.8. The Kier molecular flexibility index (Phi) is 9.74. The summed E-state index contributed by atoms with van der Waals surface area (Å²) in [7, 11) is 0. The average molecular weight is 906 g/mol. The third-order valence-corrected chi connectivity index (χ3v) is 12.8. The zero-order valence-corrected chi connectivity index (χ0v) is 36.1. The van der Waals surface area contributed by atoms with Crippen molar-refractivity contribution in [2.24, 2.45) is 0 Å². The van der Waals surface area contributed by atoms with Crippen molar-refractivity contribution < 1.29 is 22.0 Å². The van der Waals surface area contributed by atoms with Gasteiger partial charge in [-0.2, -0.15) is 5.26 Å². The maximum Gasteiger partial charge on any atom is 0.200 e. The molecule has 0 N–H and O–H groups in total. The quantitative estimate of drug-likeness (QED) is 0.0909. The van der Waals surface area contributed by atoms with Crippen LogP contribution in [0.4, 0.5) is 22.0 Å². The van der Waals surface area contributed by atoms with Crippen molar-refractivity contribution in [3.63, 3.8) is 0 Å². The van der Waals surface area contributed by atoms with Gasteiger partial charge in [-0.05, 0) is 72.8 Å². The van der Waals surface area contributed by atoms with Crippen LogP contribution in [-0.2, 0) is 0 Å². The van der Waals surface area contributed by atoms with E-state index in [0.717, 1.165) is 77.6 Å². The minimum atomic E-state index is -2.29. The number of nitrogens with zero attached hydrogens (tertiary/aromatic N) is 5. The van der Waals surface area contributed by atoms with E-state index in [1.54, 1.807) is 0 Å². The predicted octanol–water partition coefficient (Wildman–Crippen LogP) is 15.6. The van der Waals surface area contributed by atoms with Gasteiger partial charge in [-0.1, -0.05) is 121 Å². The van der Waals surface area contributed by atoms with E-state index in [-0.39, 0.29) is 5.56 Å². The van der Waals surface area contributed by atoms with Crippen LogP contribution in [0, 0.1) is 40.4 Å². The number of hydrogen-bond acceptors (Lipinski definition) is 3. The van der Waals surface area contributed by atoms with Crippen LogP contribution in [-0.4, -0.2) is 19.1 Å². The van der Waals surface area contributed by atoms with Gasteiger partial charge in [0.2, 0.25) is 5.82 Å². The van der Waals surface area contributed by atoms with Crippen molar-refractivity contribution in [1.82, 2.24) is 19.1 Å². The van der Waals surface area contributed by atoms with Gasteiger partial charge in [0.15, 0.2) is 23.3 Å². The Morgan fingerprint density at radius 1 is 0.348 bits per heavy atom. The molecule has 0 fully saturated rings. The van der Waals surface area contributed by atoms with Crippen LogP contribution in [0.15, 0.2) is 194 Å². The van der Waals surface area contributed by atoms with E-state index in [1.165, 1.54) is 12.1 Å². The van der Waals surface area contributed by atoms with Gasteiger partial charge in [-0.3, -0.25) is 0 Å². The maximum absolute atomic E-state index is 16.0. The molecule has 0 saturated carbocycles. The number of aromatic nitrogens is 4. The Morgan fingerprint density at radius 3 is 1.20 bits per heavy atom. The van der Waals surface area contributed by atoms with E-state index in [1.807, 2.05) is 191 Å². The molecule has 12 rings (SSSR count). The normalized spacial score (nSPS) is 11.5. The minimum Gasteiger partial charge on any atom is -0.307 e. The van der Waals surface area contributed by atoms with Crippen molar-refractivity contribution in [3.8, 4) is 73.6 Å². The van der Waals surface area contributed by atoms with Crippen LogP contribution in [0.3, 0.4) is 0 Å². The standard InChI is InChI=1S/C59H32F5N5/c60-55-54(56(61)58(63)59(64)57(55)62)41-32-53(69-49-24-10-8-18-40(49)43-30-37(26-28-51(43)69)47-22-12-20-45(67-47)35-15-5-2-6-16-35)52(31-38(41)33-65)68-48-23-9-7-17-39(48)42-29-36(25-27-50(42)68)46-21-11-19-44(66-46)34-13-3-1-4-14-34/h1-32H. The molecule has 4 heterocycles. The Morgan fingerprint density at radius 2 is 0.739 bits per heavy atom. The van der Waals surface area contributed by atoms with Gasteiger partial charge in [-0.15, -0.1) is 0 Å². The summed E-state index contributed by atoms with van der Waals surface area (Å²) in [6.07, 6.45) is 0. The number of para-hydroxylation sites is 2. The minimum absolute atomic E-state index is 0.306. The number of pyridine rings is 2. The summed E-state index contributed by atoms with van der Waals surface area (Å²) in [6, 6.07) is 63.6. The highest BCUT2D eigenvalue weighted by molar-refractivity contribution is 6.13. The second-order valence-electron chi connectivity index (χ2n) is 16.7. The van der Waals surface area contributed by atoms with Crippen LogP contribution in [0.2, 0.25) is 0 Å². The molecular weight excluding hydrogens is 874 g/mol. The Hall–Kier alpha value is -9.20. The molecule has 0 spiro atoms. The molecular formula is C59H32F5N5. The molecule has 0 aliphatic heterocycles. The fourth-order valence-electron chi connectivity index (χ4n) is 9.59. The predicted molar refractivity (Wildman–Crippen MR) is 262 cm³/mol. The molecule has 0 atom stereocenters. The fourth-order valence-corrected chi connectivity index (χ4v) is 9.59. The van der Waals surface area contributed by atoms with Crippen molar-refractivity contribution in [1.29, 1.82) is 5.26 Å². The van der Waals surface area contributed by atoms with E-state index in [2.05, 4.69) is 6.07 Å². The maximum atomic E-state index is 16.0. The van der Waals surface area contributed by atoms with Gasteiger partial charge >= 0.3 is 0 Å². The van der Waals surface area contributed by atoms with E-state index in [4.69, 9.17) is 9.97 Å². The highest BCUT2D eigenvalue weighted by Crippen LogP contribution is 2.44. The smallest absolute Gasteiger partial charge is 0.200 e. The second-order valence-corrected chi connectivity index (χ2v) is 16.7. The van der Waals surface area contributed by atoms with Crippen LogP contribution in [0.1, 0.15) is 5.56 Å². The number of benzene rings is 8. The van der Waals surface area contributed by atoms with Gasteiger partial charge in [0.25, 0.3) is 0 Å². The first-order valence-electron chi connectivity index (χ1n) is 22.0. The van der Waals surface area contributed by atoms with Crippen LogP contribution in [0.5, 0.6) is 0 Å². The zero-order valence-electron chi connectivity index (χ0n) is 36.1. The molecule has 5 nitrogen and oxygen atoms in total. The first kappa shape index (κ1) is 41.2. The summed E-state index contributed by atoms with van der Waals surface area (Å²) < 4.78 is 80.5. The van der Waals surface area contributed by atoms with Crippen molar-refractivity contribution in [2.45, 2.75) is 0 Å². The Bertz CT molecular complexity index is 4070. The number of halogens is 5. The van der Waals surface area contributed by atoms with Gasteiger partial charge in [0, 0.05) is 49.4 Å². The summed E-state index contributed by atoms with van der Waals surface area (Å²) in [5, 5.41) is 14.1. The number of nitriles is 1. The third-order valence-electron chi connectivity index (χ3n) is 12.8. The van der Waals surface area contributed by atoms with Gasteiger partial charge in [0.1, 0.15) is 0 Å². The van der Waals surface area contributed by atoms with E-state index >= 15 is 17.6 Å². The summed E-state index contributed by atoms with van der Waals surface area (Å²) in [5.41, 5.74) is 8.24. The summed E-state index contributed by atoms with van der Waals surface area (Å²) in [5.74, 6) is -10.6. The molecule has 0 bridgehead atoms. The largest absolute Gasteiger partial charge is 0.307 e. The first-order valence-corrected chi connectivity index (χ1v) is 22.0. The topological polar surface area (TPSA) is 59.4 Å². The SMILES string of the molecule is N#Cc1cc(-n2c3ccccc3c3cc(-c4cccc(-c5ccccc5)n4)ccc32)c(-n2c3ccccc3c3cc(-c4cccc(-c5ccccc5)n4)ccc32)cc1-c1c(F)c(F)c(F)c(F)c1F. The van der Waals surface area contributed by atoms with E-state index in [0.29, 0.717) is 22.4 Å². The summed E-state index contributed by atoms with van der Waals surface area (Å²) in [4.78, 5) is 10.0. The van der Waals surface area contributed by atoms with Gasteiger partial charge < -0.3 is 9.13 Å². The molecule has 8 aromatic carbocycles. The van der Waals surface area contributed by atoms with Crippen molar-refractivity contribution in [2.75, 3.05) is 0 Å². The lowest BCUT2D eigenvalue weighted by molar-refractivity contribution is 0.381. The lowest BCUT2D eigenvalue weighted by Gasteiger charge is -2.20. The summed E-state index contributed by atoms with van der Waals surface area (Å²) in [6.45, 7) is 0. The van der Waals surface area contributed by atoms with Gasteiger partial charge in [0.05, 0.1) is 73.4 Å². The lowest BCUT2D eigenvalue weighted by atomic mass is 9.96. The summed E-state index contributed by atoms with van der Waals surface area (Å²) >= 11 is 0. The molecule has 10 heteroatoms. The molecule has 0 unspecified atom stereocenters. The highest BCUT2D eigenvalue weighted by atomic mass is 19.2. The van der Waals surface area contributed by atoms with Crippen molar-refractivity contribution >= 4 is 43.6 Å². The van der Waals surface area contributed by atoms with E-state index < -0.39 is 40.2 Å². The highest BCUT2D eigenvalue weighted by Gasteiger charge is 2.30. The monoisotopic (exact) mass is 905 g/mol. The molecule has 4 aromatic heterocycles. The average Bonchev–Trinajstić information content (AvgIpc) is 3.92. The van der Waals surface area contributed by atoms with Crippen LogP contribution in [0.25, 0.3) is 111 Å². The second kappa shape index (κ2) is 16.3. The number of rotatable bonds is 7. The molecule has 0 amide bonds. The van der Waals surface area contributed by atoms with Crippen LogP contribution < -0.4 is 0 Å². The molecule has 0 aliphatic carbocycles. The molecule has 328 valence electrons. The zero-order chi connectivity index (χ0) is 46.9. The Labute approximate surface area is 390 Å². The van der Waals surface area contributed by atoms with Crippen LogP contribution >= 0.6 is 0 Å². The molecule has 69 heavy (non-hydrogen) atoms. The molecule has 0 radical (unpaired) electrons. The molecule has 12 aromatic rings. The number of hydrogen-bond donors (Lipinski definition) is 0. The number of fused-ring (bicyclic) bond motifs is 6.